The van der Waals surface area contributed by atoms with E-state index in [1.165, 1.54) is 6.07 Å². The number of fused-ring (bicyclic) bond motifs is 1. The third kappa shape index (κ3) is 4.67. The number of hydrogen-bond acceptors (Lipinski definition) is 7. The van der Waals surface area contributed by atoms with E-state index < -0.39 is 11.0 Å². The van der Waals surface area contributed by atoms with Crippen molar-refractivity contribution in [3.8, 4) is 5.75 Å². The molecular weight excluding hydrogens is 448 g/mol. The van der Waals surface area contributed by atoms with Gasteiger partial charge in [-0.25, -0.2) is 0 Å². The second kappa shape index (κ2) is 9.64. The zero-order valence-corrected chi connectivity index (χ0v) is 18.5. The van der Waals surface area contributed by atoms with Crippen LogP contribution in [0.4, 0.5) is 5.69 Å². The molecule has 8 heteroatoms. The second-order valence-corrected chi connectivity index (χ2v) is 7.92. The summed E-state index contributed by atoms with van der Waals surface area (Å²) in [6.07, 6.45) is 3.32. The molecule has 0 aliphatic carbocycles. The SMILES string of the molecule is O=c1c(OCC2CC(c3ccccc3[N+](=O)[O-])=NO2)c(/C=C/c2ccccc2)oc2ccccc12. The zero-order valence-electron chi connectivity index (χ0n) is 18.5. The van der Waals surface area contributed by atoms with E-state index in [4.69, 9.17) is 14.0 Å². The van der Waals surface area contributed by atoms with Crippen LogP contribution in [0.2, 0.25) is 0 Å². The smallest absolute Gasteiger partial charge is 0.278 e. The Morgan fingerprint density at radius 1 is 1.00 bits per heavy atom. The van der Waals surface area contributed by atoms with Crippen molar-refractivity contribution in [1.82, 2.24) is 0 Å². The van der Waals surface area contributed by atoms with Crippen LogP contribution in [-0.4, -0.2) is 23.3 Å². The lowest BCUT2D eigenvalue weighted by molar-refractivity contribution is -0.385. The molecule has 1 atom stereocenters. The van der Waals surface area contributed by atoms with Gasteiger partial charge in [-0.1, -0.05) is 65.8 Å². The molecule has 174 valence electrons. The molecule has 0 spiro atoms. The van der Waals surface area contributed by atoms with Gasteiger partial charge in [0.2, 0.25) is 11.2 Å². The number of nitro groups is 1. The number of oxime groups is 1. The van der Waals surface area contributed by atoms with Gasteiger partial charge in [-0.2, -0.15) is 0 Å². The molecule has 0 radical (unpaired) electrons. The van der Waals surface area contributed by atoms with Crippen molar-refractivity contribution < 1.29 is 18.9 Å². The highest BCUT2D eigenvalue weighted by atomic mass is 16.7. The highest BCUT2D eigenvalue weighted by molar-refractivity contribution is 6.04. The summed E-state index contributed by atoms with van der Waals surface area (Å²) in [6.45, 7) is 0.0168. The first-order valence-electron chi connectivity index (χ1n) is 11.0. The van der Waals surface area contributed by atoms with Crippen LogP contribution in [0.15, 0.2) is 93.2 Å². The Hall–Kier alpha value is -4.72. The lowest BCUT2D eigenvalue weighted by Crippen LogP contribution is -2.21. The van der Waals surface area contributed by atoms with E-state index in [1.807, 2.05) is 36.4 Å². The van der Waals surface area contributed by atoms with Crippen LogP contribution in [0, 0.1) is 10.1 Å². The fraction of sp³-hybridized carbons (Fsp3) is 0.111. The molecule has 0 fully saturated rings. The van der Waals surface area contributed by atoms with Gasteiger partial charge in [0.25, 0.3) is 5.69 Å². The maximum Gasteiger partial charge on any atom is 0.278 e. The van der Waals surface area contributed by atoms with Crippen molar-refractivity contribution in [2.24, 2.45) is 5.16 Å². The van der Waals surface area contributed by atoms with Crippen molar-refractivity contribution in [1.29, 1.82) is 0 Å². The Morgan fingerprint density at radius 3 is 2.57 bits per heavy atom. The van der Waals surface area contributed by atoms with E-state index in [9.17, 15) is 14.9 Å². The molecule has 5 rings (SSSR count). The molecule has 4 aromatic rings. The third-order valence-corrected chi connectivity index (χ3v) is 5.57. The molecule has 0 amide bonds. The lowest BCUT2D eigenvalue weighted by atomic mass is 10.0. The van der Waals surface area contributed by atoms with Gasteiger partial charge < -0.3 is 14.0 Å². The number of nitro benzene ring substituents is 1. The van der Waals surface area contributed by atoms with Crippen LogP contribution in [0.25, 0.3) is 23.1 Å². The zero-order chi connectivity index (χ0) is 24.2. The summed E-state index contributed by atoms with van der Waals surface area (Å²) in [5, 5.41) is 15.8. The highest BCUT2D eigenvalue weighted by Gasteiger charge is 2.28. The predicted molar refractivity (Wildman–Crippen MR) is 132 cm³/mol. The molecule has 8 nitrogen and oxygen atoms in total. The molecule has 0 bridgehead atoms. The van der Waals surface area contributed by atoms with Gasteiger partial charge in [0.05, 0.1) is 21.6 Å². The van der Waals surface area contributed by atoms with Crippen LogP contribution >= 0.6 is 0 Å². The summed E-state index contributed by atoms with van der Waals surface area (Å²) in [5.41, 5.74) is 1.92. The van der Waals surface area contributed by atoms with Crippen LogP contribution in [0.1, 0.15) is 23.3 Å². The van der Waals surface area contributed by atoms with E-state index >= 15 is 0 Å². The summed E-state index contributed by atoms with van der Waals surface area (Å²) < 4.78 is 11.9. The molecule has 3 aromatic carbocycles. The van der Waals surface area contributed by atoms with Gasteiger partial charge in [0, 0.05) is 12.5 Å². The molecule has 0 N–H and O–H groups in total. The normalized spacial score (nSPS) is 15.2. The number of hydrogen-bond donors (Lipinski definition) is 0. The molecule has 35 heavy (non-hydrogen) atoms. The third-order valence-electron chi connectivity index (χ3n) is 5.57. The number of benzene rings is 3. The van der Waals surface area contributed by atoms with Gasteiger partial charge in [-0.15, -0.1) is 0 Å². The minimum Gasteiger partial charge on any atom is -0.482 e. The maximum atomic E-state index is 13.2. The summed E-state index contributed by atoms with van der Waals surface area (Å²) in [7, 11) is 0. The summed E-state index contributed by atoms with van der Waals surface area (Å²) in [6, 6.07) is 23.0. The molecule has 1 unspecified atom stereocenters. The Bertz CT molecular complexity index is 1510. The van der Waals surface area contributed by atoms with Gasteiger partial charge in [-0.05, 0) is 29.8 Å². The quantitative estimate of drug-likeness (QED) is 0.264. The molecule has 2 heterocycles. The van der Waals surface area contributed by atoms with E-state index in [-0.39, 0.29) is 29.2 Å². The van der Waals surface area contributed by atoms with Gasteiger partial charge in [0.15, 0.2) is 11.9 Å². The van der Waals surface area contributed by atoms with Crippen molar-refractivity contribution in [2.45, 2.75) is 12.5 Å². The molecule has 0 saturated carbocycles. The molecule has 1 aliphatic rings. The highest BCUT2D eigenvalue weighted by Crippen LogP contribution is 2.27. The minimum absolute atomic E-state index is 0.0168. The van der Waals surface area contributed by atoms with Crippen molar-refractivity contribution in [3.63, 3.8) is 0 Å². The number of para-hydroxylation sites is 2. The van der Waals surface area contributed by atoms with E-state index in [2.05, 4.69) is 5.16 Å². The van der Waals surface area contributed by atoms with Crippen LogP contribution in [0.5, 0.6) is 5.75 Å². The fourth-order valence-corrected chi connectivity index (χ4v) is 3.85. The van der Waals surface area contributed by atoms with E-state index in [0.29, 0.717) is 28.7 Å². The molecule has 1 aromatic heterocycles. The summed E-state index contributed by atoms with van der Waals surface area (Å²) >= 11 is 0. The number of nitrogens with zero attached hydrogens (tertiary/aromatic N) is 2. The number of ether oxygens (including phenoxy) is 1. The monoisotopic (exact) mass is 468 g/mol. The van der Waals surface area contributed by atoms with E-state index in [1.54, 1.807) is 48.5 Å². The van der Waals surface area contributed by atoms with Crippen molar-refractivity contribution in [2.75, 3.05) is 6.61 Å². The first-order chi connectivity index (χ1) is 17.1. The Balaban J connectivity index is 1.39. The maximum absolute atomic E-state index is 13.2. The lowest BCUT2D eigenvalue weighted by Gasteiger charge is -2.12. The average molecular weight is 468 g/mol. The summed E-state index contributed by atoms with van der Waals surface area (Å²) in [5.74, 6) is 0.356. The second-order valence-electron chi connectivity index (χ2n) is 7.92. The molecule has 1 aliphatic heterocycles. The first-order valence-corrected chi connectivity index (χ1v) is 11.0. The molecular formula is C27H20N2O6. The van der Waals surface area contributed by atoms with Gasteiger partial charge in [0.1, 0.15) is 12.2 Å². The standard InChI is InChI=1S/C27H20N2O6/c30-26-21-11-5-7-13-24(21)34-25(15-14-18-8-2-1-3-9-18)27(26)33-17-19-16-22(28-35-19)20-10-4-6-12-23(20)29(31)32/h1-15,19H,16-17H2/b15-14+. The topological polar surface area (TPSA) is 104 Å². The van der Waals surface area contributed by atoms with Crippen LogP contribution in [-0.2, 0) is 4.84 Å². The largest absolute Gasteiger partial charge is 0.482 e. The summed E-state index contributed by atoms with van der Waals surface area (Å²) in [4.78, 5) is 29.6. The minimum atomic E-state index is -0.512. The van der Waals surface area contributed by atoms with Crippen molar-refractivity contribution >= 4 is 34.5 Å². The van der Waals surface area contributed by atoms with Crippen molar-refractivity contribution in [3.05, 3.63) is 116 Å². The van der Waals surface area contributed by atoms with Gasteiger partial charge in [-0.3, -0.25) is 14.9 Å². The Morgan fingerprint density at radius 2 is 1.74 bits per heavy atom. The van der Waals surface area contributed by atoms with Gasteiger partial charge >= 0.3 is 0 Å². The van der Waals surface area contributed by atoms with Crippen LogP contribution < -0.4 is 10.2 Å². The van der Waals surface area contributed by atoms with E-state index in [0.717, 1.165) is 5.56 Å². The average Bonchev–Trinajstić information content (AvgIpc) is 3.36. The van der Waals surface area contributed by atoms with Crippen LogP contribution in [0.3, 0.4) is 0 Å². The first kappa shape index (κ1) is 22.1. The molecule has 0 saturated heterocycles. The Labute approximate surface area is 199 Å². The Kier molecular flexibility index (Phi) is 6.09. The fourth-order valence-electron chi connectivity index (χ4n) is 3.85. The predicted octanol–water partition coefficient (Wildman–Crippen LogP) is 5.44. The number of rotatable bonds is 7.